The van der Waals surface area contributed by atoms with Crippen LogP contribution >= 0.6 is 0 Å². The Balaban J connectivity index is 1.33. The summed E-state index contributed by atoms with van der Waals surface area (Å²) in [6.45, 7) is 4.30. The normalized spacial score (nSPS) is 17.3. The number of piperazine rings is 1. The molecule has 0 unspecified atom stereocenters. The minimum Gasteiger partial charge on any atom is -0.496 e. The van der Waals surface area contributed by atoms with Gasteiger partial charge in [-0.2, -0.15) is 0 Å². The van der Waals surface area contributed by atoms with E-state index in [-0.39, 0.29) is 17.2 Å². The summed E-state index contributed by atoms with van der Waals surface area (Å²) in [5.74, 6) is 0.737. The average Bonchev–Trinajstić information content (AvgIpc) is 3.61. The Hall–Kier alpha value is -3.41. The quantitative estimate of drug-likeness (QED) is 0.629. The van der Waals surface area contributed by atoms with Crippen molar-refractivity contribution < 1.29 is 14.3 Å². The summed E-state index contributed by atoms with van der Waals surface area (Å²) in [6, 6.07) is 15.8. The summed E-state index contributed by atoms with van der Waals surface area (Å²) in [5.41, 5.74) is 3.36. The molecular weight excluding hydrogens is 402 g/mol. The molecule has 1 aliphatic carbocycles. The zero-order valence-electron chi connectivity index (χ0n) is 18.5. The van der Waals surface area contributed by atoms with E-state index >= 15 is 0 Å². The van der Waals surface area contributed by atoms with E-state index in [4.69, 9.17) is 4.74 Å². The molecule has 0 bridgehead atoms. The highest BCUT2D eigenvalue weighted by Gasteiger charge is 2.47. The van der Waals surface area contributed by atoms with E-state index in [1.807, 2.05) is 59.2 Å². The van der Waals surface area contributed by atoms with Gasteiger partial charge in [-0.15, -0.1) is 0 Å². The van der Waals surface area contributed by atoms with E-state index in [2.05, 4.69) is 11.1 Å². The summed E-state index contributed by atoms with van der Waals surface area (Å²) >= 11 is 0. The number of carbonyl (C=O) groups excluding carboxylic acids is 2. The van der Waals surface area contributed by atoms with Gasteiger partial charge < -0.3 is 14.5 Å². The van der Waals surface area contributed by atoms with Gasteiger partial charge in [0.25, 0.3) is 5.91 Å². The molecule has 2 amide bonds. The lowest BCUT2D eigenvalue weighted by Gasteiger charge is -2.36. The number of hydrogen-bond donors (Lipinski definition) is 0. The molecule has 6 heteroatoms. The summed E-state index contributed by atoms with van der Waals surface area (Å²) in [4.78, 5) is 33.9. The van der Waals surface area contributed by atoms with Crippen molar-refractivity contribution in [1.82, 2.24) is 14.8 Å². The van der Waals surface area contributed by atoms with Crippen molar-refractivity contribution in [3.63, 3.8) is 0 Å². The molecule has 2 heterocycles. The van der Waals surface area contributed by atoms with Crippen molar-refractivity contribution in [2.75, 3.05) is 33.3 Å². The van der Waals surface area contributed by atoms with E-state index in [0.717, 1.165) is 34.9 Å². The maximum atomic E-state index is 13.2. The maximum absolute atomic E-state index is 13.2. The maximum Gasteiger partial charge on any atom is 0.257 e. The molecule has 2 aliphatic rings. The first kappa shape index (κ1) is 20.5. The molecule has 0 atom stereocenters. The highest BCUT2D eigenvalue weighted by Crippen LogP contribution is 2.46. The molecule has 1 saturated carbocycles. The van der Waals surface area contributed by atoms with Crippen LogP contribution in [0.3, 0.4) is 0 Å². The first-order valence-electron chi connectivity index (χ1n) is 11.1. The lowest BCUT2D eigenvalue weighted by atomic mass is 10.0. The fourth-order valence-corrected chi connectivity index (χ4v) is 4.37. The van der Waals surface area contributed by atoms with Gasteiger partial charge in [-0.05, 0) is 54.3 Å². The number of carbonyl (C=O) groups is 2. The van der Waals surface area contributed by atoms with Crippen molar-refractivity contribution in [3.8, 4) is 16.9 Å². The Morgan fingerprint density at radius 1 is 0.938 bits per heavy atom. The Morgan fingerprint density at radius 3 is 2.34 bits per heavy atom. The minimum atomic E-state index is -0.163. The molecule has 2 aromatic carbocycles. The Bertz CT molecular complexity index is 1190. The second-order valence-electron chi connectivity index (χ2n) is 8.97. The van der Waals surface area contributed by atoms with Gasteiger partial charge >= 0.3 is 0 Å². The van der Waals surface area contributed by atoms with Crippen LogP contribution in [-0.4, -0.2) is 59.9 Å². The van der Waals surface area contributed by atoms with Crippen molar-refractivity contribution in [3.05, 3.63) is 60.3 Å². The zero-order valence-corrected chi connectivity index (χ0v) is 18.5. The first-order valence-corrected chi connectivity index (χ1v) is 11.1. The number of hydrogen-bond acceptors (Lipinski definition) is 4. The van der Waals surface area contributed by atoms with Gasteiger partial charge in [0.1, 0.15) is 5.75 Å². The van der Waals surface area contributed by atoms with Crippen LogP contribution in [0.4, 0.5) is 0 Å². The van der Waals surface area contributed by atoms with Crippen molar-refractivity contribution in [2.24, 2.45) is 5.41 Å². The zero-order chi connectivity index (χ0) is 22.3. The van der Waals surface area contributed by atoms with Crippen LogP contribution in [0.5, 0.6) is 5.75 Å². The third-order valence-electron chi connectivity index (χ3n) is 6.74. The molecule has 5 rings (SSSR count). The molecular formula is C26H27N3O3. The molecule has 3 aromatic rings. The summed E-state index contributed by atoms with van der Waals surface area (Å²) in [7, 11) is 1.59. The van der Waals surface area contributed by atoms with E-state index in [9.17, 15) is 9.59 Å². The van der Waals surface area contributed by atoms with Crippen molar-refractivity contribution in [2.45, 2.75) is 19.8 Å². The van der Waals surface area contributed by atoms with Crippen LogP contribution in [0.25, 0.3) is 22.0 Å². The lowest BCUT2D eigenvalue weighted by Crippen LogP contribution is -2.52. The van der Waals surface area contributed by atoms with Crippen LogP contribution in [-0.2, 0) is 4.79 Å². The number of methoxy groups -OCH3 is 1. The van der Waals surface area contributed by atoms with Gasteiger partial charge in [0.2, 0.25) is 5.91 Å². The highest BCUT2D eigenvalue weighted by molar-refractivity contribution is 5.98. The van der Waals surface area contributed by atoms with Crippen molar-refractivity contribution >= 4 is 22.7 Å². The van der Waals surface area contributed by atoms with Gasteiger partial charge in [0.05, 0.1) is 18.2 Å². The Kier molecular flexibility index (Phi) is 5.08. The molecule has 0 N–H and O–H groups in total. The monoisotopic (exact) mass is 429 g/mol. The third kappa shape index (κ3) is 3.70. The van der Waals surface area contributed by atoms with E-state index in [1.165, 1.54) is 0 Å². The molecule has 1 aliphatic heterocycles. The molecule has 2 fully saturated rings. The molecule has 0 radical (unpaired) electrons. The molecule has 164 valence electrons. The van der Waals surface area contributed by atoms with Gasteiger partial charge in [0.15, 0.2) is 0 Å². The molecule has 0 spiro atoms. The predicted molar refractivity (Wildman–Crippen MR) is 124 cm³/mol. The summed E-state index contributed by atoms with van der Waals surface area (Å²) in [5, 5.41) is 1.07. The SMILES string of the molecule is COc1cc(-c2ccc3ncccc3c2)ccc1C(=O)N1CCN(C(=O)C2(C)CC2)CC1. The third-order valence-corrected chi connectivity index (χ3v) is 6.74. The van der Waals surface area contributed by atoms with Crippen LogP contribution in [0, 0.1) is 5.41 Å². The fraction of sp³-hybridized carbons (Fsp3) is 0.346. The number of nitrogens with zero attached hydrogens (tertiary/aromatic N) is 3. The first-order chi connectivity index (χ1) is 15.5. The largest absolute Gasteiger partial charge is 0.496 e. The highest BCUT2D eigenvalue weighted by atomic mass is 16.5. The fourth-order valence-electron chi connectivity index (χ4n) is 4.37. The van der Waals surface area contributed by atoms with Gasteiger partial charge in [-0.1, -0.05) is 25.1 Å². The summed E-state index contributed by atoms with van der Waals surface area (Å²) in [6.07, 6.45) is 3.73. The summed E-state index contributed by atoms with van der Waals surface area (Å²) < 4.78 is 5.59. The topological polar surface area (TPSA) is 62.7 Å². The lowest BCUT2D eigenvalue weighted by molar-refractivity contribution is -0.137. The van der Waals surface area contributed by atoms with E-state index < -0.39 is 0 Å². The van der Waals surface area contributed by atoms with Crippen LogP contribution in [0.15, 0.2) is 54.7 Å². The molecule has 32 heavy (non-hydrogen) atoms. The van der Waals surface area contributed by atoms with Crippen molar-refractivity contribution in [1.29, 1.82) is 0 Å². The van der Waals surface area contributed by atoms with Gasteiger partial charge in [-0.3, -0.25) is 14.6 Å². The molecule has 1 saturated heterocycles. The minimum absolute atomic E-state index is 0.0548. The smallest absolute Gasteiger partial charge is 0.257 e. The number of pyridine rings is 1. The Morgan fingerprint density at radius 2 is 1.62 bits per heavy atom. The Labute approximate surface area is 187 Å². The number of rotatable bonds is 4. The van der Waals surface area contributed by atoms with Crippen LogP contribution in [0.1, 0.15) is 30.1 Å². The number of ether oxygens (including phenoxy) is 1. The van der Waals surface area contributed by atoms with Gasteiger partial charge in [0, 0.05) is 43.2 Å². The predicted octanol–water partition coefficient (Wildman–Crippen LogP) is 3.99. The number of fused-ring (bicyclic) bond motifs is 1. The standard InChI is InChI=1S/C26H27N3O3/c1-26(9-10-26)25(31)29-14-12-28(13-15-29)24(30)21-7-5-19(17-23(21)32-2)18-6-8-22-20(16-18)4-3-11-27-22/h3-8,11,16-17H,9-10,12-15H2,1-2H3. The molecule has 6 nitrogen and oxygen atoms in total. The second-order valence-corrected chi connectivity index (χ2v) is 8.97. The van der Waals surface area contributed by atoms with Gasteiger partial charge in [-0.25, -0.2) is 0 Å². The van der Waals surface area contributed by atoms with E-state index in [1.54, 1.807) is 13.3 Å². The van der Waals surface area contributed by atoms with E-state index in [0.29, 0.717) is 37.5 Å². The van der Waals surface area contributed by atoms with Crippen LogP contribution < -0.4 is 4.74 Å². The molecule has 1 aromatic heterocycles. The number of aromatic nitrogens is 1. The second kappa shape index (κ2) is 7.93. The number of amides is 2. The average molecular weight is 430 g/mol. The number of benzene rings is 2. The van der Waals surface area contributed by atoms with Crippen LogP contribution in [0.2, 0.25) is 0 Å².